The number of urea groups is 1. The third-order valence-corrected chi connectivity index (χ3v) is 5.15. The van der Waals surface area contributed by atoms with Gasteiger partial charge in [-0.3, -0.25) is 0 Å². The Hall–Kier alpha value is -3.01. The van der Waals surface area contributed by atoms with Gasteiger partial charge in [0.2, 0.25) is 0 Å². The maximum Gasteiger partial charge on any atom is 0.338 e. The first-order valence-electron chi connectivity index (χ1n) is 8.62. The summed E-state index contributed by atoms with van der Waals surface area (Å²) in [6, 6.07) is 6.16. The van der Waals surface area contributed by atoms with Gasteiger partial charge in [-0.25, -0.2) is 19.3 Å². The van der Waals surface area contributed by atoms with Gasteiger partial charge in [0, 0.05) is 18.5 Å². The van der Waals surface area contributed by atoms with E-state index in [9.17, 15) is 9.59 Å². The van der Waals surface area contributed by atoms with E-state index in [4.69, 9.17) is 9.47 Å². The number of hydrogen-bond donors (Lipinski definition) is 2. The van der Waals surface area contributed by atoms with E-state index in [-0.39, 0.29) is 6.61 Å². The number of amides is 2. The topological polar surface area (TPSA) is 107 Å². The Labute approximate surface area is 166 Å². The summed E-state index contributed by atoms with van der Waals surface area (Å²) < 4.78 is 12.1. The lowest BCUT2D eigenvalue weighted by Crippen LogP contribution is -2.46. The van der Waals surface area contributed by atoms with Crippen molar-refractivity contribution in [3.8, 4) is 5.75 Å². The molecule has 3 rings (SSSR count). The highest BCUT2D eigenvalue weighted by molar-refractivity contribution is 7.99. The molecule has 1 atom stereocenters. The maximum absolute atomic E-state index is 12.7. The molecule has 2 heterocycles. The van der Waals surface area contributed by atoms with Crippen molar-refractivity contribution in [2.24, 2.45) is 7.05 Å². The third-order valence-electron chi connectivity index (χ3n) is 4.09. The quantitative estimate of drug-likeness (QED) is 0.536. The molecule has 2 N–H and O–H groups in total. The van der Waals surface area contributed by atoms with Crippen LogP contribution in [0.15, 0.2) is 47.0 Å². The van der Waals surface area contributed by atoms with Crippen molar-refractivity contribution >= 4 is 23.8 Å². The molecule has 2 amide bonds. The molecule has 0 unspecified atom stereocenters. The minimum Gasteiger partial charge on any atom is -0.497 e. The highest BCUT2D eigenvalue weighted by atomic mass is 32.2. The van der Waals surface area contributed by atoms with Crippen molar-refractivity contribution in [2.75, 3.05) is 19.5 Å². The van der Waals surface area contributed by atoms with Crippen LogP contribution in [-0.4, -0.2) is 46.2 Å². The van der Waals surface area contributed by atoms with Crippen LogP contribution in [0.2, 0.25) is 0 Å². The fourth-order valence-electron chi connectivity index (χ4n) is 2.81. The highest BCUT2D eigenvalue weighted by Gasteiger charge is 2.34. The first-order valence-corrected chi connectivity index (χ1v) is 9.60. The van der Waals surface area contributed by atoms with E-state index >= 15 is 0 Å². The van der Waals surface area contributed by atoms with Gasteiger partial charge in [0.25, 0.3) is 0 Å². The zero-order chi connectivity index (χ0) is 20.1. The first kappa shape index (κ1) is 19.7. The van der Waals surface area contributed by atoms with Crippen LogP contribution in [0.5, 0.6) is 5.75 Å². The second-order valence-electron chi connectivity index (χ2n) is 5.88. The molecule has 1 aromatic heterocycles. The van der Waals surface area contributed by atoms with E-state index < -0.39 is 18.0 Å². The number of aryl methyl sites for hydroxylation is 1. The maximum atomic E-state index is 12.7. The predicted octanol–water partition coefficient (Wildman–Crippen LogP) is 1.79. The molecule has 9 nitrogen and oxygen atoms in total. The fraction of sp³-hybridized carbons (Fsp3) is 0.333. The summed E-state index contributed by atoms with van der Waals surface area (Å²) in [5, 5.41) is 10.2. The number of hydrogen-bond acceptors (Lipinski definition) is 7. The number of methoxy groups -OCH3 is 1. The number of aromatic nitrogens is 3. The normalized spacial score (nSPS) is 16.4. The molecular weight excluding hydrogens is 382 g/mol. The number of carbonyl (C=O) groups excluding carboxylic acids is 2. The Morgan fingerprint density at radius 1 is 1.39 bits per heavy atom. The molecule has 0 saturated heterocycles. The van der Waals surface area contributed by atoms with E-state index in [0.29, 0.717) is 27.9 Å². The monoisotopic (exact) mass is 403 g/mol. The summed E-state index contributed by atoms with van der Waals surface area (Å²) in [5.41, 5.74) is 1.55. The van der Waals surface area contributed by atoms with Crippen LogP contribution in [0.3, 0.4) is 0 Å². The molecule has 1 aliphatic rings. The zero-order valence-corrected chi connectivity index (χ0v) is 16.6. The smallest absolute Gasteiger partial charge is 0.338 e. The van der Waals surface area contributed by atoms with Gasteiger partial charge in [-0.1, -0.05) is 23.9 Å². The number of benzene rings is 1. The number of esters is 1. The molecule has 1 aromatic carbocycles. The number of rotatable bonds is 7. The largest absolute Gasteiger partial charge is 0.497 e. The van der Waals surface area contributed by atoms with Crippen LogP contribution in [0, 0.1) is 0 Å². The van der Waals surface area contributed by atoms with Crippen LogP contribution in [0.25, 0.3) is 0 Å². The van der Waals surface area contributed by atoms with Crippen molar-refractivity contribution in [3.63, 3.8) is 0 Å². The minimum absolute atomic E-state index is 0.227. The van der Waals surface area contributed by atoms with Crippen molar-refractivity contribution in [1.29, 1.82) is 0 Å². The summed E-state index contributed by atoms with van der Waals surface area (Å²) in [6.07, 6.45) is 1.45. The summed E-state index contributed by atoms with van der Waals surface area (Å²) in [4.78, 5) is 29.2. The fourth-order valence-corrected chi connectivity index (χ4v) is 3.66. The molecule has 0 aliphatic carbocycles. The number of nitrogens with one attached hydrogen (secondary N) is 2. The third kappa shape index (κ3) is 4.28. The van der Waals surface area contributed by atoms with Crippen molar-refractivity contribution in [1.82, 2.24) is 25.4 Å². The first-order chi connectivity index (χ1) is 13.5. The molecule has 0 saturated carbocycles. The lowest BCUT2D eigenvalue weighted by atomic mass is 9.95. The van der Waals surface area contributed by atoms with Crippen LogP contribution in [0.4, 0.5) is 4.79 Å². The van der Waals surface area contributed by atoms with Crippen LogP contribution >= 0.6 is 11.8 Å². The highest BCUT2D eigenvalue weighted by Crippen LogP contribution is 2.31. The van der Waals surface area contributed by atoms with E-state index in [1.807, 2.05) is 6.07 Å². The Kier molecular flexibility index (Phi) is 6.19. The predicted molar refractivity (Wildman–Crippen MR) is 103 cm³/mol. The minimum atomic E-state index is -0.655. The number of carbonyl (C=O) groups is 2. The molecule has 1 aliphatic heterocycles. The second kappa shape index (κ2) is 8.79. The number of thioether (sulfide) groups is 1. The summed E-state index contributed by atoms with van der Waals surface area (Å²) >= 11 is 1.36. The average Bonchev–Trinajstić information content (AvgIpc) is 3.10. The summed E-state index contributed by atoms with van der Waals surface area (Å²) in [7, 11) is 3.33. The van der Waals surface area contributed by atoms with Gasteiger partial charge < -0.3 is 20.1 Å². The Morgan fingerprint density at radius 2 is 2.21 bits per heavy atom. The average molecular weight is 403 g/mol. The van der Waals surface area contributed by atoms with Gasteiger partial charge in [0.15, 0.2) is 5.16 Å². The van der Waals surface area contributed by atoms with Gasteiger partial charge in [-0.05, 0) is 24.6 Å². The van der Waals surface area contributed by atoms with Gasteiger partial charge in [0.1, 0.15) is 12.1 Å². The Bertz CT molecular complexity index is 911. The molecule has 28 heavy (non-hydrogen) atoms. The van der Waals surface area contributed by atoms with Gasteiger partial charge in [0.05, 0.1) is 25.3 Å². The number of nitrogens with zero attached hydrogens (tertiary/aromatic N) is 3. The van der Waals surface area contributed by atoms with Crippen LogP contribution in [-0.2, 0) is 16.6 Å². The molecule has 0 fully saturated rings. The molecular formula is C18H21N5O4S. The standard InChI is InChI=1S/C18H21N5O4S/c1-4-27-16(24)14-13(9-28-18-19-10-20-23(18)2)21-17(25)22-15(14)11-6-5-7-12(8-11)26-3/h5-8,10,15H,4,9H2,1-3H3,(H2,21,22,25)/t15-/m0/s1. The van der Waals surface area contributed by atoms with Crippen molar-refractivity contribution < 1.29 is 19.1 Å². The van der Waals surface area contributed by atoms with Crippen LogP contribution in [0.1, 0.15) is 18.5 Å². The van der Waals surface area contributed by atoms with Crippen LogP contribution < -0.4 is 15.4 Å². The zero-order valence-electron chi connectivity index (χ0n) is 15.8. The van der Waals surface area contributed by atoms with Gasteiger partial charge >= 0.3 is 12.0 Å². The van der Waals surface area contributed by atoms with Gasteiger partial charge in [-0.2, -0.15) is 5.10 Å². The van der Waals surface area contributed by atoms with Gasteiger partial charge in [-0.15, -0.1) is 0 Å². The van der Waals surface area contributed by atoms with Crippen molar-refractivity contribution in [2.45, 2.75) is 18.1 Å². The van der Waals surface area contributed by atoms with E-state index in [0.717, 1.165) is 5.56 Å². The lowest BCUT2D eigenvalue weighted by molar-refractivity contribution is -0.139. The lowest BCUT2D eigenvalue weighted by Gasteiger charge is -2.29. The molecule has 2 aromatic rings. The SMILES string of the molecule is CCOC(=O)C1=C(CSc2ncnn2C)NC(=O)N[C@H]1c1cccc(OC)c1. The van der Waals surface area contributed by atoms with E-state index in [2.05, 4.69) is 20.7 Å². The van der Waals surface area contributed by atoms with Crippen molar-refractivity contribution in [3.05, 3.63) is 47.4 Å². The molecule has 148 valence electrons. The summed E-state index contributed by atoms with van der Waals surface area (Å²) in [5.74, 6) is 0.467. The second-order valence-corrected chi connectivity index (χ2v) is 6.82. The Morgan fingerprint density at radius 3 is 2.89 bits per heavy atom. The molecule has 0 spiro atoms. The summed E-state index contributed by atoms with van der Waals surface area (Å²) in [6.45, 7) is 1.96. The molecule has 0 radical (unpaired) electrons. The number of ether oxygens (including phenoxy) is 2. The Balaban J connectivity index is 1.99. The molecule has 10 heteroatoms. The van der Waals surface area contributed by atoms with E-state index in [1.165, 1.54) is 18.1 Å². The van der Waals surface area contributed by atoms with E-state index in [1.54, 1.807) is 44.0 Å². The molecule has 0 bridgehead atoms.